The Hall–Kier alpha value is -2.85. The van der Waals surface area contributed by atoms with Crippen molar-refractivity contribution in [2.45, 2.75) is 25.2 Å². The van der Waals surface area contributed by atoms with Crippen molar-refractivity contribution in [1.29, 1.82) is 0 Å². The van der Waals surface area contributed by atoms with Crippen LogP contribution in [0.5, 0.6) is 11.6 Å². The van der Waals surface area contributed by atoms with Crippen molar-refractivity contribution in [3.8, 4) is 11.6 Å². The van der Waals surface area contributed by atoms with E-state index in [4.69, 9.17) is 4.74 Å². The van der Waals surface area contributed by atoms with Crippen LogP contribution in [0.1, 0.15) is 28.8 Å². The minimum Gasteiger partial charge on any atom is -0.462 e. The zero-order chi connectivity index (χ0) is 21.1. The predicted molar refractivity (Wildman–Crippen MR) is 81.5 cm³/mol. The molecule has 1 aromatic carbocycles. The Morgan fingerprint density at radius 3 is 2.11 bits per heavy atom. The quantitative estimate of drug-likeness (QED) is 0.489. The second kappa shape index (κ2) is 8.03. The number of carbonyl (C=O) groups is 1. The van der Waals surface area contributed by atoms with Crippen molar-refractivity contribution in [3.63, 3.8) is 0 Å². The van der Waals surface area contributed by atoms with Crippen molar-refractivity contribution in [2.24, 2.45) is 0 Å². The van der Waals surface area contributed by atoms with Gasteiger partial charge in [-0.15, -0.1) is 0 Å². The van der Waals surface area contributed by atoms with Crippen LogP contribution in [-0.4, -0.2) is 29.9 Å². The van der Waals surface area contributed by atoms with Crippen LogP contribution in [0.4, 0.5) is 30.7 Å². The molecule has 0 fully saturated rings. The molecular formula is C17H12F7NO3. The van der Waals surface area contributed by atoms with Crippen molar-refractivity contribution >= 4 is 5.97 Å². The van der Waals surface area contributed by atoms with E-state index in [9.17, 15) is 35.5 Å². The number of hydrogen-bond acceptors (Lipinski definition) is 4. The number of rotatable bonds is 5. The maximum Gasteiger partial charge on any atom is 0.404 e. The molecule has 0 bridgehead atoms. The number of alkyl halides is 6. The lowest BCUT2D eigenvalue weighted by molar-refractivity contribution is -0.253. The van der Waals surface area contributed by atoms with Gasteiger partial charge in [0.1, 0.15) is 5.75 Å². The Morgan fingerprint density at radius 1 is 1.07 bits per heavy atom. The minimum atomic E-state index is -5.53. The van der Waals surface area contributed by atoms with Crippen LogP contribution in [0, 0.1) is 5.82 Å². The molecule has 0 radical (unpaired) electrons. The number of ether oxygens (including phenoxy) is 2. The Bertz CT molecular complexity index is 818. The SMILES string of the molecule is CCOC(=O)c1cnc(Oc2ccc(C(C(F)(F)F)C(F)(F)F)cc2)c(F)c1. The van der Waals surface area contributed by atoms with Crippen molar-refractivity contribution in [1.82, 2.24) is 4.98 Å². The van der Waals surface area contributed by atoms with E-state index >= 15 is 0 Å². The first-order valence-corrected chi connectivity index (χ1v) is 7.67. The summed E-state index contributed by atoms with van der Waals surface area (Å²) in [6.45, 7) is 1.60. The number of hydrogen-bond donors (Lipinski definition) is 0. The summed E-state index contributed by atoms with van der Waals surface area (Å²) in [7, 11) is 0. The summed E-state index contributed by atoms with van der Waals surface area (Å²) in [5.74, 6) is -6.42. The lowest BCUT2D eigenvalue weighted by Crippen LogP contribution is -2.34. The van der Waals surface area contributed by atoms with E-state index in [2.05, 4.69) is 9.72 Å². The number of pyridine rings is 1. The van der Waals surface area contributed by atoms with Gasteiger partial charge in [0, 0.05) is 6.20 Å². The molecule has 4 nitrogen and oxygen atoms in total. The molecule has 0 atom stereocenters. The zero-order valence-electron chi connectivity index (χ0n) is 14.1. The van der Waals surface area contributed by atoms with Crippen molar-refractivity contribution in [3.05, 3.63) is 53.5 Å². The number of benzene rings is 1. The van der Waals surface area contributed by atoms with Gasteiger partial charge in [0.15, 0.2) is 11.7 Å². The predicted octanol–water partition coefficient (Wildman–Crippen LogP) is 5.40. The number of carbonyl (C=O) groups excluding carboxylic acids is 1. The average molecular weight is 411 g/mol. The van der Waals surface area contributed by atoms with Gasteiger partial charge in [0.2, 0.25) is 0 Å². The third kappa shape index (κ3) is 5.11. The van der Waals surface area contributed by atoms with E-state index in [1.54, 1.807) is 6.92 Å². The number of aromatic nitrogens is 1. The lowest BCUT2D eigenvalue weighted by atomic mass is 9.98. The van der Waals surface area contributed by atoms with Gasteiger partial charge in [-0.3, -0.25) is 0 Å². The molecule has 2 rings (SSSR count). The molecule has 0 aliphatic rings. The van der Waals surface area contributed by atoms with Crippen LogP contribution >= 0.6 is 0 Å². The first kappa shape index (κ1) is 21.5. The summed E-state index contributed by atoms with van der Waals surface area (Å²) in [5.41, 5.74) is -1.24. The van der Waals surface area contributed by atoms with E-state index < -0.39 is 41.5 Å². The van der Waals surface area contributed by atoms with Crippen LogP contribution in [0.25, 0.3) is 0 Å². The smallest absolute Gasteiger partial charge is 0.404 e. The molecule has 0 amide bonds. The lowest BCUT2D eigenvalue weighted by Gasteiger charge is -2.23. The van der Waals surface area contributed by atoms with Gasteiger partial charge >= 0.3 is 18.3 Å². The first-order chi connectivity index (χ1) is 12.9. The van der Waals surface area contributed by atoms with Gasteiger partial charge in [0.05, 0.1) is 12.2 Å². The van der Waals surface area contributed by atoms with Crippen LogP contribution < -0.4 is 4.74 Å². The van der Waals surface area contributed by atoms with Crippen LogP contribution in [0.2, 0.25) is 0 Å². The molecule has 1 heterocycles. The molecule has 0 aliphatic carbocycles. The van der Waals surface area contributed by atoms with Crippen molar-refractivity contribution < 1.29 is 45.0 Å². The van der Waals surface area contributed by atoms with Crippen LogP contribution in [0.3, 0.4) is 0 Å². The van der Waals surface area contributed by atoms with Gasteiger partial charge in [-0.2, -0.15) is 26.3 Å². The van der Waals surface area contributed by atoms with Crippen LogP contribution in [-0.2, 0) is 4.74 Å². The maximum absolute atomic E-state index is 14.0. The Balaban J connectivity index is 2.22. The molecular weight excluding hydrogens is 399 g/mol. The molecule has 1 aromatic heterocycles. The second-order valence-corrected chi connectivity index (χ2v) is 5.42. The number of nitrogens with zero attached hydrogens (tertiary/aromatic N) is 1. The topological polar surface area (TPSA) is 48.4 Å². The fourth-order valence-electron chi connectivity index (χ4n) is 2.23. The highest BCUT2D eigenvalue weighted by atomic mass is 19.4. The summed E-state index contributed by atoms with van der Waals surface area (Å²) < 4.78 is 99.9. The highest BCUT2D eigenvalue weighted by molar-refractivity contribution is 5.89. The van der Waals surface area contributed by atoms with Gasteiger partial charge in [-0.25, -0.2) is 14.2 Å². The van der Waals surface area contributed by atoms with E-state index in [0.717, 1.165) is 24.4 Å². The van der Waals surface area contributed by atoms with Gasteiger partial charge < -0.3 is 9.47 Å². The molecule has 0 aliphatic heterocycles. The largest absolute Gasteiger partial charge is 0.462 e. The van der Waals surface area contributed by atoms with E-state index in [0.29, 0.717) is 12.1 Å². The highest BCUT2D eigenvalue weighted by Gasteiger charge is 2.57. The fourth-order valence-corrected chi connectivity index (χ4v) is 2.23. The Labute approximate surface area is 153 Å². The number of esters is 1. The average Bonchev–Trinajstić information content (AvgIpc) is 2.56. The number of halogens is 7. The molecule has 11 heteroatoms. The molecule has 2 aromatic rings. The van der Waals surface area contributed by atoms with Gasteiger partial charge in [-0.05, 0) is 30.7 Å². The summed E-state index contributed by atoms with van der Waals surface area (Å²) in [5, 5.41) is 0. The molecule has 152 valence electrons. The molecule has 0 spiro atoms. The zero-order valence-corrected chi connectivity index (χ0v) is 14.1. The fraction of sp³-hybridized carbons (Fsp3) is 0.294. The van der Waals surface area contributed by atoms with E-state index in [1.165, 1.54) is 0 Å². The summed E-state index contributed by atoms with van der Waals surface area (Å²) in [6, 6.07) is 3.57. The van der Waals surface area contributed by atoms with Gasteiger partial charge in [0.25, 0.3) is 5.88 Å². The molecule has 0 unspecified atom stereocenters. The molecule has 0 saturated carbocycles. The molecule has 0 saturated heterocycles. The van der Waals surface area contributed by atoms with Crippen molar-refractivity contribution in [2.75, 3.05) is 6.61 Å². The standard InChI is InChI=1S/C17H12F7NO3/c1-2-27-15(26)10-7-12(18)14(25-8-10)28-11-5-3-9(4-6-11)13(16(19,20)21)17(22,23)24/h3-8,13H,2H2,1H3. The highest BCUT2D eigenvalue weighted by Crippen LogP contribution is 2.46. The Kier molecular flexibility index (Phi) is 6.15. The summed E-state index contributed by atoms with van der Waals surface area (Å²) in [6.07, 6.45) is -10.1. The summed E-state index contributed by atoms with van der Waals surface area (Å²) >= 11 is 0. The van der Waals surface area contributed by atoms with E-state index in [1.807, 2.05) is 0 Å². The Morgan fingerprint density at radius 2 is 1.64 bits per heavy atom. The third-order valence-electron chi connectivity index (χ3n) is 3.40. The monoisotopic (exact) mass is 411 g/mol. The molecule has 28 heavy (non-hydrogen) atoms. The van der Waals surface area contributed by atoms with E-state index in [-0.39, 0.29) is 17.9 Å². The molecule has 0 N–H and O–H groups in total. The second-order valence-electron chi connectivity index (χ2n) is 5.42. The van der Waals surface area contributed by atoms with Crippen LogP contribution in [0.15, 0.2) is 36.5 Å². The minimum absolute atomic E-state index is 0.0574. The normalized spacial score (nSPS) is 12.2. The van der Waals surface area contributed by atoms with Gasteiger partial charge in [-0.1, -0.05) is 12.1 Å². The third-order valence-corrected chi connectivity index (χ3v) is 3.40. The first-order valence-electron chi connectivity index (χ1n) is 7.67. The summed E-state index contributed by atoms with van der Waals surface area (Å²) in [4.78, 5) is 15.0. The maximum atomic E-state index is 14.0.